The quantitative estimate of drug-likeness (QED) is 0.418. The first-order valence-corrected chi connectivity index (χ1v) is 9.42. The van der Waals surface area contributed by atoms with Crippen LogP contribution in [0, 0.1) is 6.92 Å². The van der Waals surface area contributed by atoms with E-state index in [1.54, 1.807) is 0 Å². The molecule has 0 unspecified atom stereocenters. The summed E-state index contributed by atoms with van der Waals surface area (Å²) in [6, 6.07) is 22.8. The summed E-state index contributed by atoms with van der Waals surface area (Å²) < 4.78 is 12.7. The molecular weight excluding hydrogens is 345 g/mol. The minimum Gasteiger partial charge on any atom is -0.458 e. The van der Waals surface area contributed by atoms with E-state index in [9.17, 15) is 0 Å². The first-order chi connectivity index (χ1) is 13.8. The average Bonchev–Trinajstić information content (AvgIpc) is 2.74. The van der Waals surface area contributed by atoms with Crippen molar-refractivity contribution in [2.45, 2.75) is 6.92 Å². The van der Waals surface area contributed by atoms with Crippen LogP contribution in [0.25, 0.3) is 11.1 Å². The molecule has 2 aliphatic rings. The lowest BCUT2D eigenvalue weighted by molar-refractivity contribution is 0.465. The summed E-state index contributed by atoms with van der Waals surface area (Å²) in [6.07, 6.45) is 3.72. The second-order valence-corrected chi connectivity index (χ2v) is 7.26. The molecule has 3 nitrogen and oxygen atoms in total. The molecule has 2 aliphatic heterocycles. The predicted octanol–water partition coefficient (Wildman–Crippen LogP) is 3.78. The minimum atomic E-state index is 0.0991. The maximum Gasteiger partial charge on any atom is 0.260 e. The number of benzene rings is 3. The third kappa shape index (κ3) is 2.09. The van der Waals surface area contributed by atoms with Gasteiger partial charge in [0, 0.05) is 23.4 Å². The molecule has 0 N–H and O–H groups in total. The maximum atomic E-state index is 6.48. The first kappa shape index (κ1) is 15.5. The molecule has 0 saturated heterocycles. The van der Waals surface area contributed by atoms with Gasteiger partial charge in [0.05, 0.1) is 0 Å². The molecule has 0 atom stereocenters. The van der Waals surface area contributed by atoms with Crippen molar-refractivity contribution in [1.29, 1.82) is 0 Å². The van der Waals surface area contributed by atoms with Crippen molar-refractivity contribution in [3.63, 3.8) is 0 Å². The molecule has 0 aliphatic carbocycles. The zero-order valence-electron chi connectivity index (χ0n) is 15.3. The van der Waals surface area contributed by atoms with Gasteiger partial charge in [0.15, 0.2) is 0 Å². The molecule has 0 fully saturated rings. The highest BCUT2D eigenvalue weighted by Gasteiger charge is 2.40. The van der Waals surface area contributed by atoms with E-state index in [0.717, 1.165) is 45.2 Å². The van der Waals surface area contributed by atoms with Crippen LogP contribution in [0.1, 0.15) is 5.56 Å². The van der Waals surface area contributed by atoms with Gasteiger partial charge in [0.25, 0.3) is 6.71 Å². The Morgan fingerprint density at radius 2 is 1.43 bits per heavy atom. The van der Waals surface area contributed by atoms with Crippen LogP contribution < -0.4 is 25.9 Å². The van der Waals surface area contributed by atoms with Gasteiger partial charge in [-0.15, -0.1) is 0 Å². The fourth-order valence-corrected chi connectivity index (χ4v) is 4.37. The summed E-state index contributed by atoms with van der Waals surface area (Å²) in [6.45, 7) is 2.18. The summed E-state index contributed by atoms with van der Waals surface area (Å²) in [5, 5.41) is 0. The van der Waals surface area contributed by atoms with E-state index in [4.69, 9.17) is 9.47 Å². The van der Waals surface area contributed by atoms with Gasteiger partial charge >= 0.3 is 0 Å². The first-order valence-electron chi connectivity index (χ1n) is 9.42. The number of ether oxygens (including phenoxy) is 2. The van der Waals surface area contributed by atoms with Crippen LogP contribution >= 0.6 is 0 Å². The largest absolute Gasteiger partial charge is 0.458 e. The van der Waals surface area contributed by atoms with Crippen LogP contribution in [-0.2, 0) is 0 Å². The fraction of sp³-hybridized carbons (Fsp3) is 0.0417. The Kier molecular flexibility index (Phi) is 3.18. The van der Waals surface area contributed by atoms with Gasteiger partial charge in [-0.3, -0.25) is 4.98 Å². The van der Waals surface area contributed by atoms with Crippen molar-refractivity contribution in [1.82, 2.24) is 4.98 Å². The molecule has 3 aromatic carbocycles. The summed E-state index contributed by atoms with van der Waals surface area (Å²) in [5.74, 6) is 3.56. The molecule has 4 aromatic rings. The third-order valence-electron chi connectivity index (χ3n) is 5.65. The van der Waals surface area contributed by atoms with Crippen LogP contribution in [-0.4, -0.2) is 11.7 Å². The van der Waals surface area contributed by atoms with Gasteiger partial charge in [-0.05, 0) is 59.3 Å². The van der Waals surface area contributed by atoms with E-state index < -0.39 is 0 Å². The molecule has 0 bridgehead atoms. The zero-order chi connectivity index (χ0) is 18.7. The molecule has 0 spiro atoms. The number of aromatic nitrogens is 1. The number of hydrogen-bond donors (Lipinski definition) is 0. The Morgan fingerprint density at radius 3 is 2.18 bits per heavy atom. The lowest BCUT2D eigenvalue weighted by Crippen LogP contribution is -2.57. The van der Waals surface area contributed by atoms with Gasteiger partial charge in [-0.25, -0.2) is 0 Å². The normalized spacial score (nSPS) is 13.0. The van der Waals surface area contributed by atoms with E-state index in [2.05, 4.69) is 48.3 Å². The SMILES string of the molecule is Cc1cnccc1-c1ccc2c3c1Oc1ccccc1B3c1ccccc1O2. The molecule has 132 valence electrons. The van der Waals surface area contributed by atoms with E-state index in [-0.39, 0.29) is 6.71 Å². The van der Waals surface area contributed by atoms with Crippen molar-refractivity contribution in [3.05, 3.63) is 84.7 Å². The average molecular weight is 361 g/mol. The molecule has 3 heterocycles. The van der Waals surface area contributed by atoms with Crippen LogP contribution in [0.4, 0.5) is 0 Å². The van der Waals surface area contributed by atoms with Gasteiger partial charge in [0.1, 0.15) is 23.0 Å². The smallest absolute Gasteiger partial charge is 0.260 e. The Morgan fingerprint density at radius 1 is 0.714 bits per heavy atom. The number of rotatable bonds is 1. The molecule has 28 heavy (non-hydrogen) atoms. The number of para-hydroxylation sites is 2. The zero-order valence-corrected chi connectivity index (χ0v) is 15.3. The third-order valence-corrected chi connectivity index (χ3v) is 5.65. The molecule has 6 rings (SSSR count). The maximum absolute atomic E-state index is 6.48. The summed E-state index contributed by atoms with van der Waals surface area (Å²) in [5.41, 5.74) is 6.78. The molecule has 0 amide bonds. The molecule has 4 heteroatoms. The standard InChI is InChI=1S/C24H16BNO2/c1-15-14-26-13-12-16(15)17-10-11-22-23-24(17)28-21-9-5-3-7-19(21)25(23)18-6-2-4-8-20(18)27-22/h2-14H,1H3. The highest BCUT2D eigenvalue weighted by molar-refractivity contribution is 6.98. The monoisotopic (exact) mass is 361 g/mol. The van der Waals surface area contributed by atoms with Crippen molar-refractivity contribution >= 4 is 23.1 Å². The van der Waals surface area contributed by atoms with Crippen molar-refractivity contribution in [3.8, 4) is 34.1 Å². The Balaban J connectivity index is 1.68. The van der Waals surface area contributed by atoms with Crippen molar-refractivity contribution in [2.75, 3.05) is 0 Å². The van der Waals surface area contributed by atoms with Crippen molar-refractivity contribution in [2.24, 2.45) is 0 Å². The Bertz CT molecular complexity index is 1240. The number of hydrogen-bond acceptors (Lipinski definition) is 3. The molecule has 0 radical (unpaired) electrons. The minimum absolute atomic E-state index is 0.0991. The number of pyridine rings is 1. The van der Waals surface area contributed by atoms with Crippen LogP contribution in [0.5, 0.6) is 23.0 Å². The Hall–Kier alpha value is -3.53. The van der Waals surface area contributed by atoms with Gasteiger partial charge in [0.2, 0.25) is 0 Å². The number of aryl methyl sites for hydroxylation is 1. The second kappa shape index (κ2) is 5.73. The van der Waals surface area contributed by atoms with Gasteiger partial charge < -0.3 is 9.47 Å². The highest BCUT2D eigenvalue weighted by Crippen LogP contribution is 2.41. The fourth-order valence-electron chi connectivity index (χ4n) is 4.37. The lowest BCUT2D eigenvalue weighted by Gasteiger charge is -2.34. The number of fused-ring (bicyclic) bond motifs is 4. The van der Waals surface area contributed by atoms with Gasteiger partial charge in [-0.1, -0.05) is 36.4 Å². The van der Waals surface area contributed by atoms with Crippen LogP contribution in [0.3, 0.4) is 0 Å². The molecule has 0 saturated carbocycles. The lowest BCUT2D eigenvalue weighted by atomic mass is 9.34. The molecule has 1 aromatic heterocycles. The van der Waals surface area contributed by atoms with E-state index in [0.29, 0.717) is 0 Å². The van der Waals surface area contributed by atoms with E-state index >= 15 is 0 Å². The summed E-state index contributed by atoms with van der Waals surface area (Å²) >= 11 is 0. The summed E-state index contributed by atoms with van der Waals surface area (Å²) in [4.78, 5) is 4.24. The molecular formula is C24H16BNO2. The van der Waals surface area contributed by atoms with E-state index in [1.165, 1.54) is 10.9 Å². The summed E-state index contributed by atoms with van der Waals surface area (Å²) in [7, 11) is 0. The Labute approximate surface area is 163 Å². The topological polar surface area (TPSA) is 31.4 Å². The van der Waals surface area contributed by atoms with E-state index in [1.807, 2.05) is 42.7 Å². The van der Waals surface area contributed by atoms with Crippen LogP contribution in [0.15, 0.2) is 79.1 Å². The second-order valence-electron chi connectivity index (χ2n) is 7.26. The predicted molar refractivity (Wildman–Crippen MR) is 112 cm³/mol. The number of nitrogens with zero attached hydrogens (tertiary/aromatic N) is 1. The van der Waals surface area contributed by atoms with Crippen LogP contribution in [0.2, 0.25) is 0 Å². The highest BCUT2D eigenvalue weighted by atomic mass is 16.5. The van der Waals surface area contributed by atoms with Gasteiger partial charge in [-0.2, -0.15) is 0 Å². The van der Waals surface area contributed by atoms with Crippen molar-refractivity contribution < 1.29 is 9.47 Å².